The Hall–Kier alpha value is -4.07. The Morgan fingerprint density at radius 3 is 2.74 bits per heavy atom. The van der Waals surface area contributed by atoms with Crippen LogP contribution in [0.4, 0.5) is 10.1 Å². The van der Waals surface area contributed by atoms with Gasteiger partial charge in [0.15, 0.2) is 5.65 Å². The highest BCUT2D eigenvalue weighted by Gasteiger charge is 2.18. The Morgan fingerprint density at radius 1 is 1.10 bits per heavy atom. The SMILES string of the molecule is Cc1cc(C(=O)Nc2ccc3nc(-c4cccc(F)c4)[nH]c3c2)c2c(C)nn(C)c2n1. The number of carbonyl (C=O) groups excluding carboxylic acids is 1. The second-order valence-corrected chi connectivity index (χ2v) is 7.50. The van der Waals surface area contributed by atoms with Gasteiger partial charge < -0.3 is 10.3 Å². The Balaban J connectivity index is 1.50. The van der Waals surface area contributed by atoms with Gasteiger partial charge in [0.1, 0.15) is 11.6 Å². The standard InChI is InChI=1S/C23H19FN6O/c1-12-9-17(20-13(2)29-30(3)22(20)25-12)23(31)26-16-7-8-18-19(11-16)28-21(27-18)14-5-4-6-15(24)10-14/h4-11H,1-3H3,(H,26,31)(H,27,28). The van der Waals surface area contributed by atoms with Gasteiger partial charge in [-0.05, 0) is 50.2 Å². The summed E-state index contributed by atoms with van der Waals surface area (Å²) in [4.78, 5) is 25.3. The van der Waals surface area contributed by atoms with Crippen molar-refractivity contribution in [3.8, 4) is 11.4 Å². The molecule has 5 rings (SSSR count). The van der Waals surface area contributed by atoms with E-state index in [4.69, 9.17) is 0 Å². The monoisotopic (exact) mass is 414 g/mol. The molecule has 0 spiro atoms. The first-order chi connectivity index (χ1) is 14.9. The van der Waals surface area contributed by atoms with Crippen molar-refractivity contribution in [3.63, 3.8) is 0 Å². The number of fused-ring (bicyclic) bond motifs is 2. The highest BCUT2D eigenvalue weighted by molar-refractivity contribution is 6.13. The predicted molar refractivity (Wildman–Crippen MR) is 117 cm³/mol. The van der Waals surface area contributed by atoms with Gasteiger partial charge in [-0.1, -0.05) is 12.1 Å². The second-order valence-electron chi connectivity index (χ2n) is 7.50. The molecule has 154 valence electrons. The number of anilines is 1. The molecule has 1 amide bonds. The van der Waals surface area contributed by atoms with Gasteiger partial charge in [-0.25, -0.2) is 14.4 Å². The van der Waals surface area contributed by atoms with Gasteiger partial charge in [-0.3, -0.25) is 9.48 Å². The number of aromatic amines is 1. The molecule has 0 unspecified atom stereocenters. The molecule has 2 aromatic carbocycles. The summed E-state index contributed by atoms with van der Waals surface area (Å²) < 4.78 is 15.2. The molecule has 0 saturated carbocycles. The van der Waals surface area contributed by atoms with Crippen LogP contribution in [0.2, 0.25) is 0 Å². The summed E-state index contributed by atoms with van der Waals surface area (Å²) in [5.74, 6) is 0.00168. The Morgan fingerprint density at radius 2 is 1.94 bits per heavy atom. The molecule has 0 aliphatic carbocycles. The van der Waals surface area contributed by atoms with Crippen molar-refractivity contribution in [3.05, 3.63) is 71.3 Å². The molecule has 3 aromatic heterocycles. The molecule has 0 saturated heterocycles. The number of amides is 1. The molecule has 0 aliphatic rings. The number of aryl methyl sites for hydroxylation is 3. The Labute approximate surface area is 177 Å². The second kappa shape index (κ2) is 7.02. The summed E-state index contributed by atoms with van der Waals surface area (Å²) in [6, 6.07) is 13.4. The molecule has 8 heteroatoms. The lowest BCUT2D eigenvalue weighted by Crippen LogP contribution is -2.13. The van der Waals surface area contributed by atoms with Gasteiger partial charge in [0.05, 0.1) is 27.7 Å². The van der Waals surface area contributed by atoms with Gasteiger partial charge in [-0.2, -0.15) is 5.10 Å². The molecule has 7 nitrogen and oxygen atoms in total. The molecule has 0 fully saturated rings. The lowest BCUT2D eigenvalue weighted by atomic mass is 10.1. The van der Waals surface area contributed by atoms with E-state index in [2.05, 4.69) is 25.4 Å². The quantitative estimate of drug-likeness (QED) is 0.454. The molecule has 0 atom stereocenters. The molecule has 0 aliphatic heterocycles. The smallest absolute Gasteiger partial charge is 0.256 e. The number of H-pyrrole nitrogens is 1. The minimum Gasteiger partial charge on any atom is -0.338 e. The summed E-state index contributed by atoms with van der Waals surface area (Å²) >= 11 is 0. The van der Waals surface area contributed by atoms with Crippen LogP contribution in [0, 0.1) is 19.7 Å². The van der Waals surface area contributed by atoms with Crippen molar-refractivity contribution in [2.75, 3.05) is 5.32 Å². The Kier molecular flexibility index (Phi) is 4.28. The number of imidazole rings is 1. The average molecular weight is 414 g/mol. The van der Waals surface area contributed by atoms with Crippen LogP contribution in [0.1, 0.15) is 21.7 Å². The maximum Gasteiger partial charge on any atom is 0.256 e. The largest absolute Gasteiger partial charge is 0.338 e. The van der Waals surface area contributed by atoms with Crippen LogP contribution < -0.4 is 5.32 Å². The minimum absolute atomic E-state index is 0.240. The fourth-order valence-corrected chi connectivity index (χ4v) is 3.81. The lowest BCUT2D eigenvalue weighted by Gasteiger charge is -2.08. The van der Waals surface area contributed by atoms with Crippen LogP contribution in [0.5, 0.6) is 0 Å². The highest BCUT2D eigenvalue weighted by Crippen LogP contribution is 2.25. The minimum atomic E-state index is -0.324. The average Bonchev–Trinajstić information content (AvgIpc) is 3.28. The van der Waals surface area contributed by atoms with E-state index in [0.717, 1.165) is 27.8 Å². The van der Waals surface area contributed by atoms with Gasteiger partial charge in [0.2, 0.25) is 0 Å². The maximum absolute atomic E-state index is 13.5. The summed E-state index contributed by atoms with van der Waals surface area (Å²) in [7, 11) is 1.81. The first-order valence-electron chi connectivity index (χ1n) is 9.77. The topological polar surface area (TPSA) is 88.5 Å². The first kappa shape index (κ1) is 18.9. The number of benzene rings is 2. The molecule has 3 heterocycles. The fraction of sp³-hybridized carbons (Fsp3) is 0.130. The fourth-order valence-electron chi connectivity index (χ4n) is 3.81. The number of rotatable bonds is 3. The molecule has 0 bridgehead atoms. The van der Waals surface area contributed by atoms with Gasteiger partial charge in [0, 0.05) is 24.0 Å². The number of pyridine rings is 1. The van der Waals surface area contributed by atoms with E-state index in [1.807, 2.05) is 33.0 Å². The molecule has 5 aromatic rings. The van der Waals surface area contributed by atoms with E-state index in [1.165, 1.54) is 12.1 Å². The number of halogens is 1. The predicted octanol–water partition coefficient (Wildman–Crippen LogP) is 4.52. The number of carbonyl (C=O) groups is 1. The van der Waals surface area contributed by atoms with Gasteiger partial charge >= 0.3 is 0 Å². The number of aromatic nitrogens is 5. The zero-order chi connectivity index (χ0) is 21.7. The van der Waals surface area contributed by atoms with E-state index in [1.54, 1.807) is 28.9 Å². The summed E-state index contributed by atoms with van der Waals surface area (Å²) in [5.41, 5.74) is 5.43. The number of nitrogens with one attached hydrogen (secondary N) is 2. The summed E-state index contributed by atoms with van der Waals surface area (Å²) in [6.07, 6.45) is 0. The van der Waals surface area contributed by atoms with Crippen molar-refractivity contribution in [2.45, 2.75) is 13.8 Å². The number of hydrogen-bond donors (Lipinski definition) is 2. The summed E-state index contributed by atoms with van der Waals surface area (Å²) in [6.45, 7) is 3.71. The van der Waals surface area contributed by atoms with Gasteiger partial charge in [-0.15, -0.1) is 0 Å². The number of nitrogens with zero attached hydrogens (tertiary/aromatic N) is 4. The molecular formula is C23H19FN6O. The van der Waals surface area contributed by atoms with Gasteiger partial charge in [0.25, 0.3) is 5.91 Å². The third kappa shape index (κ3) is 3.31. The Bertz CT molecular complexity index is 1480. The zero-order valence-electron chi connectivity index (χ0n) is 17.2. The molecule has 2 N–H and O–H groups in total. The maximum atomic E-state index is 13.5. The lowest BCUT2D eigenvalue weighted by molar-refractivity contribution is 0.102. The molecular weight excluding hydrogens is 395 g/mol. The van der Waals surface area contributed by atoms with E-state index in [9.17, 15) is 9.18 Å². The first-order valence-corrected chi connectivity index (χ1v) is 9.77. The van der Waals surface area contributed by atoms with Crippen LogP contribution in [-0.2, 0) is 7.05 Å². The normalized spacial score (nSPS) is 11.4. The van der Waals surface area contributed by atoms with Crippen molar-refractivity contribution in [1.29, 1.82) is 0 Å². The van der Waals surface area contributed by atoms with Crippen LogP contribution >= 0.6 is 0 Å². The van der Waals surface area contributed by atoms with Crippen molar-refractivity contribution >= 4 is 33.7 Å². The van der Waals surface area contributed by atoms with Crippen molar-refractivity contribution in [1.82, 2.24) is 24.7 Å². The summed E-state index contributed by atoms with van der Waals surface area (Å²) in [5, 5.41) is 8.08. The highest BCUT2D eigenvalue weighted by atomic mass is 19.1. The van der Waals surface area contributed by atoms with Crippen molar-refractivity contribution < 1.29 is 9.18 Å². The third-order valence-electron chi connectivity index (χ3n) is 5.18. The van der Waals surface area contributed by atoms with Crippen LogP contribution in [0.25, 0.3) is 33.5 Å². The molecule has 31 heavy (non-hydrogen) atoms. The van der Waals surface area contributed by atoms with Crippen LogP contribution in [-0.4, -0.2) is 30.6 Å². The van der Waals surface area contributed by atoms with Crippen molar-refractivity contribution in [2.24, 2.45) is 7.05 Å². The van der Waals surface area contributed by atoms with E-state index in [0.29, 0.717) is 28.3 Å². The van der Waals surface area contributed by atoms with E-state index in [-0.39, 0.29) is 11.7 Å². The van der Waals surface area contributed by atoms with E-state index < -0.39 is 0 Å². The third-order valence-corrected chi connectivity index (χ3v) is 5.18. The van der Waals surface area contributed by atoms with E-state index >= 15 is 0 Å². The number of hydrogen-bond acceptors (Lipinski definition) is 4. The van der Waals surface area contributed by atoms with Crippen LogP contribution in [0.3, 0.4) is 0 Å². The van der Waals surface area contributed by atoms with Crippen LogP contribution in [0.15, 0.2) is 48.5 Å². The zero-order valence-corrected chi connectivity index (χ0v) is 17.2. The molecule has 0 radical (unpaired) electrons.